The maximum Gasteiger partial charge on any atom is 0.242 e. The summed E-state index contributed by atoms with van der Waals surface area (Å²) in [6.07, 6.45) is 0.952. The van der Waals surface area contributed by atoms with Crippen LogP contribution in [-0.2, 0) is 4.79 Å². The molecule has 6 nitrogen and oxygen atoms in total. The van der Waals surface area contributed by atoms with Crippen LogP contribution in [0.3, 0.4) is 0 Å². The number of hydrogen-bond donors (Lipinski definition) is 4. The lowest BCUT2D eigenvalue weighted by Gasteiger charge is -2.20. The van der Waals surface area contributed by atoms with E-state index in [1.54, 1.807) is 0 Å². The van der Waals surface area contributed by atoms with E-state index in [-0.39, 0.29) is 42.0 Å². The molecule has 0 spiro atoms. The van der Waals surface area contributed by atoms with E-state index in [2.05, 4.69) is 26.3 Å². The van der Waals surface area contributed by atoms with Crippen LogP contribution in [-0.4, -0.2) is 43.6 Å². The fourth-order valence-electron chi connectivity index (χ4n) is 2.03. The van der Waals surface area contributed by atoms with Crippen molar-refractivity contribution in [2.45, 2.75) is 39.7 Å². The van der Waals surface area contributed by atoms with Gasteiger partial charge in [0.2, 0.25) is 5.91 Å². The Hall–Kier alpha value is -1.51. The predicted molar refractivity (Wildman–Crippen MR) is 117 cm³/mol. The zero-order chi connectivity index (χ0) is 17.8. The molecule has 1 aromatic rings. The van der Waals surface area contributed by atoms with E-state index in [0.29, 0.717) is 5.96 Å². The summed E-state index contributed by atoms with van der Waals surface area (Å²) < 4.78 is 0. The lowest BCUT2D eigenvalue weighted by atomic mass is 10.1. The Morgan fingerprint density at radius 1 is 1.08 bits per heavy atom. The minimum atomic E-state index is -0.235. The van der Waals surface area contributed by atoms with Crippen molar-refractivity contribution in [3.63, 3.8) is 0 Å². The number of nitrogens with zero attached hydrogens (tertiary/aromatic N) is 1. The molecule has 0 bridgehead atoms. The molecule has 0 saturated carbocycles. The second-order valence-corrected chi connectivity index (χ2v) is 6.57. The molecule has 1 aromatic carbocycles. The molecule has 0 aliphatic rings. The van der Waals surface area contributed by atoms with Crippen molar-refractivity contribution in [1.29, 1.82) is 0 Å². The molecule has 7 heteroatoms. The number of hydrogen-bond acceptors (Lipinski definition) is 3. The van der Waals surface area contributed by atoms with Crippen molar-refractivity contribution in [3.05, 3.63) is 30.3 Å². The van der Waals surface area contributed by atoms with Crippen LogP contribution in [0.1, 0.15) is 34.1 Å². The number of aliphatic imine (C=N–C) groups is 1. The zero-order valence-corrected chi connectivity index (χ0v) is 18.0. The second-order valence-electron chi connectivity index (χ2n) is 6.57. The van der Waals surface area contributed by atoms with E-state index in [9.17, 15) is 4.79 Å². The van der Waals surface area contributed by atoms with Crippen molar-refractivity contribution in [1.82, 2.24) is 16.0 Å². The van der Waals surface area contributed by atoms with Crippen molar-refractivity contribution in [2.75, 3.05) is 31.5 Å². The van der Waals surface area contributed by atoms with Crippen molar-refractivity contribution < 1.29 is 4.79 Å². The molecular weight excluding hydrogens is 429 g/mol. The molecule has 1 rings (SSSR count). The number of para-hydroxylation sites is 1. The Balaban J connectivity index is 0.00000576. The van der Waals surface area contributed by atoms with Crippen molar-refractivity contribution in [2.24, 2.45) is 4.99 Å². The summed E-state index contributed by atoms with van der Waals surface area (Å²) in [4.78, 5) is 16.1. The SMILES string of the molecule is CCNC(=NCC(=O)NC(C)(C)C)NCCCNc1ccccc1.I. The van der Waals surface area contributed by atoms with Gasteiger partial charge in [-0.25, -0.2) is 4.99 Å². The van der Waals surface area contributed by atoms with Gasteiger partial charge < -0.3 is 21.3 Å². The Kier molecular flexibility index (Phi) is 12.0. The number of guanidine groups is 1. The van der Waals surface area contributed by atoms with Gasteiger partial charge >= 0.3 is 0 Å². The van der Waals surface area contributed by atoms with E-state index in [1.807, 2.05) is 58.0 Å². The van der Waals surface area contributed by atoms with Crippen LogP contribution in [0.2, 0.25) is 0 Å². The first-order valence-corrected chi connectivity index (χ1v) is 8.53. The van der Waals surface area contributed by atoms with E-state index in [0.717, 1.165) is 31.7 Å². The van der Waals surface area contributed by atoms with E-state index in [4.69, 9.17) is 0 Å². The van der Waals surface area contributed by atoms with Crippen molar-refractivity contribution in [3.8, 4) is 0 Å². The Morgan fingerprint density at radius 2 is 1.76 bits per heavy atom. The fourth-order valence-corrected chi connectivity index (χ4v) is 2.03. The van der Waals surface area contributed by atoms with Gasteiger partial charge in [-0.1, -0.05) is 18.2 Å². The molecule has 0 aromatic heterocycles. The molecule has 0 saturated heterocycles. The second kappa shape index (κ2) is 12.8. The first kappa shape index (κ1) is 23.5. The van der Waals surface area contributed by atoms with Crippen LogP contribution in [0.25, 0.3) is 0 Å². The number of rotatable bonds is 8. The number of halogens is 1. The Morgan fingerprint density at radius 3 is 2.36 bits per heavy atom. The molecule has 25 heavy (non-hydrogen) atoms. The Bertz CT molecular complexity index is 514. The first-order valence-electron chi connectivity index (χ1n) is 8.53. The minimum Gasteiger partial charge on any atom is -0.385 e. The van der Waals surface area contributed by atoms with Crippen LogP contribution >= 0.6 is 24.0 Å². The monoisotopic (exact) mass is 461 g/mol. The lowest BCUT2D eigenvalue weighted by Crippen LogP contribution is -2.43. The summed E-state index contributed by atoms with van der Waals surface area (Å²) in [5, 5.41) is 12.7. The Labute approximate surface area is 168 Å². The quantitative estimate of drug-likeness (QED) is 0.208. The van der Waals surface area contributed by atoms with Crippen LogP contribution < -0.4 is 21.3 Å². The number of nitrogens with one attached hydrogen (secondary N) is 4. The zero-order valence-electron chi connectivity index (χ0n) is 15.7. The minimum absolute atomic E-state index is 0. The largest absolute Gasteiger partial charge is 0.385 e. The highest BCUT2D eigenvalue weighted by atomic mass is 127. The highest BCUT2D eigenvalue weighted by Crippen LogP contribution is 2.04. The lowest BCUT2D eigenvalue weighted by molar-refractivity contribution is -0.121. The van der Waals surface area contributed by atoms with Crippen LogP contribution in [0.4, 0.5) is 5.69 Å². The van der Waals surface area contributed by atoms with Crippen LogP contribution in [0, 0.1) is 0 Å². The summed E-state index contributed by atoms with van der Waals surface area (Å²) >= 11 is 0. The molecule has 0 radical (unpaired) electrons. The third-order valence-corrected chi connectivity index (χ3v) is 2.99. The molecule has 0 atom stereocenters. The molecule has 0 heterocycles. The molecule has 0 aliphatic heterocycles. The van der Waals surface area contributed by atoms with Gasteiger partial charge in [0.1, 0.15) is 6.54 Å². The number of carbonyl (C=O) groups excluding carboxylic acids is 1. The van der Waals surface area contributed by atoms with Gasteiger partial charge in [-0.05, 0) is 46.2 Å². The summed E-state index contributed by atoms with van der Waals surface area (Å²) in [5.41, 5.74) is 0.888. The number of amides is 1. The van der Waals surface area contributed by atoms with Crippen LogP contribution in [0.15, 0.2) is 35.3 Å². The normalized spacial score (nSPS) is 11.3. The van der Waals surface area contributed by atoms with E-state index in [1.165, 1.54) is 0 Å². The molecular formula is C18H32IN5O. The van der Waals surface area contributed by atoms with Gasteiger partial charge in [0.05, 0.1) is 0 Å². The fraction of sp³-hybridized carbons (Fsp3) is 0.556. The topological polar surface area (TPSA) is 77.5 Å². The van der Waals surface area contributed by atoms with Gasteiger partial charge in [0.25, 0.3) is 0 Å². The number of carbonyl (C=O) groups is 1. The number of benzene rings is 1. The average Bonchev–Trinajstić information content (AvgIpc) is 2.51. The van der Waals surface area contributed by atoms with Crippen molar-refractivity contribution >= 4 is 41.5 Å². The van der Waals surface area contributed by atoms with E-state index >= 15 is 0 Å². The standard InChI is InChI=1S/C18H31N5O.HI/c1-5-19-17(22-14-16(24)23-18(2,3)4)21-13-9-12-20-15-10-7-6-8-11-15;/h6-8,10-11,20H,5,9,12-14H2,1-4H3,(H,23,24)(H2,19,21,22);1H. The number of anilines is 1. The smallest absolute Gasteiger partial charge is 0.242 e. The molecule has 0 aliphatic carbocycles. The predicted octanol–water partition coefficient (Wildman–Crippen LogP) is 2.58. The summed E-state index contributed by atoms with van der Waals surface area (Å²) in [5.74, 6) is 0.590. The first-order chi connectivity index (χ1) is 11.4. The van der Waals surface area contributed by atoms with Gasteiger partial charge in [-0.3, -0.25) is 4.79 Å². The van der Waals surface area contributed by atoms with E-state index < -0.39 is 0 Å². The van der Waals surface area contributed by atoms with Gasteiger partial charge in [0, 0.05) is 30.9 Å². The van der Waals surface area contributed by atoms with Crippen LogP contribution in [0.5, 0.6) is 0 Å². The highest BCUT2D eigenvalue weighted by molar-refractivity contribution is 14.0. The van der Waals surface area contributed by atoms with Gasteiger partial charge in [-0.2, -0.15) is 0 Å². The molecule has 0 fully saturated rings. The summed E-state index contributed by atoms with van der Waals surface area (Å²) in [6, 6.07) is 10.1. The highest BCUT2D eigenvalue weighted by Gasteiger charge is 2.13. The van der Waals surface area contributed by atoms with Gasteiger partial charge in [-0.15, -0.1) is 24.0 Å². The molecule has 4 N–H and O–H groups in total. The molecule has 0 unspecified atom stereocenters. The molecule has 142 valence electrons. The third kappa shape index (κ3) is 12.5. The summed E-state index contributed by atoms with van der Waals surface area (Å²) in [6.45, 7) is 10.4. The average molecular weight is 461 g/mol. The van der Waals surface area contributed by atoms with Gasteiger partial charge in [0.15, 0.2) is 5.96 Å². The maximum atomic E-state index is 11.8. The molecule has 1 amide bonds. The third-order valence-electron chi connectivity index (χ3n) is 2.99. The summed E-state index contributed by atoms with van der Waals surface area (Å²) in [7, 11) is 0. The maximum absolute atomic E-state index is 11.8.